The summed E-state index contributed by atoms with van der Waals surface area (Å²) in [7, 11) is 0. The molecule has 3 rings (SSSR count). The van der Waals surface area contributed by atoms with Gasteiger partial charge >= 0.3 is 5.97 Å². The van der Waals surface area contributed by atoms with E-state index in [0.29, 0.717) is 18.4 Å². The molecule has 1 N–H and O–H groups in total. The summed E-state index contributed by atoms with van der Waals surface area (Å²) in [6, 6.07) is 14.8. The topological polar surface area (TPSA) is 57.6 Å². The van der Waals surface area contributed by atoms with Crippen molar-refractivity contribution in [2.75, 3.05) is 6.54 Å². The third-order valence-electron chi connectivity index (χ3n) is 4.97. The maximum absolute atomic E-state index is 12.7. The standard InChI is InChI=1S/C21H22ClNO3/c22-19-10-4-2-7-16(19)14-17-8-5-13-23(17)20(24)12-11-15-6-1-3-9-18(15)21(25)26/h1-4,6-7,9-10,17H,5,8,11-14H2,(H,25,26). The Morgan fingerprint density at radius 3 is 2.50 bits per heavy atom. The number of hydrogen-bond acceptors (Lipinski definition) is 2. The van der Waals surface area contributed by atoms with Gasteiger partial charge in [-0.3, -0.25) is 4.79 Å². The van der Waals surface area contributed by atoms with Crippen LogP contribution in [0.3, 0.4) is 0 Å². The van der Waals surface area contributed by atoms with Crippen LogP contribution in [0.4, 0.5) is 0 Å². The Balaban J connectivity index is 1.64. The Hall–Kier alpha value is -2.33. The Kier molecular flexibility index (Phi) is 5.94. The molecule has 1 saturated heterocycles. The molecule has 5 heteroatoms. The first-order valence-electron chi connectivity index (χ1n) is 8.90. The van der Waals surface area contributed by atoms with Crippen molar-refractivity contribution < 1.29 is 14.7 Å². The predicted octanol–water partition coefficient (Wildman–Crippen LogP) is 4.20. The van der Waals surface area contributed by atoms with Gasteiger partial charge in [-0.05, 0) is 48.9 Å². The molecule has 0 bridgehead atoms. The summed E-state index contributed by atoms with van der Waals surface area (Å²) in [6.45, 7) is 0.758. The van der Waals surface area contributed by atoms with Crippen molar-refractivity contribution in [3.63, 3.8) is 0 Å². The summed E-state index contributed by atoms with van der Waals surface area (Å²) in [5.74, 6) is -0.870. The number of benzene rings is 2. The maximum atomic E-state index is 12.7. The lowest BCUT2D eigenvalue weighted by atomic mass is 10.0. The number of carboxylic acids is 1. The van der Waals surface area contributed by atoms with Gasteiger partial charge in [0.15, 0.2) is 0 Å². The van der Waals surface area contributed by atoms with Gasteiger partial charge in [-0.15, -0.1) is 0 Å². The monoisotopic (exact) mass is 371 g/mol. The number of carbonyl (C=O) groups excluding carboxylic acids is 1. The van der Waals surface area contributed by atoms with E-state index in [4.69, 9.17) is 11.6 Å². The van der Waals surface area contributed by atoms with Gasteiger partial charge in [0.2, 0.25) is 5.91 Å². The minimum absolute atomic E-state index is 0.0831. The highest BCUT2D eigenvalue weighted by Gasteiger charge is 2.29. The van der Waals surface area contributed by atoms with E-state index in [2.05, 4.69) is 0 Å². The second-order valence-electron chi connectivity index (χ2n) is 6.64. The largest absolute Gasteiger partial charge is 0.478 e. The summed E-state index contributed by atoms with van der Waals surface area (Å²) >= 11 is 6.26. The number of rotatable bonds is 6. The molecule has 1 heterocycles. The molecular formula is C21H22ClNO3. The molecule has 0 aromatic heterocycles. The molecule has 0 saturated carbocycles. The number of nitrogens with zero attached hydrogens (tertiary/aromatic N) is 1. The van der Waals surface area contributed by atoms with Crippen LogP contribution in [0.2, 0.25) is 5.02 Å². The van der Waals surface area contributed by atoms with Gasteiger partial charge in [0.1, 0.15) is 0 Å². The van der Waals surface area contributed by atoms with E-state index in [1.807, 2.05) is 35.2 Å². The first kappa shape index (κ1) is 18.5. The van der Waals surface area contributed by atoms with E-state index in [1.54, 1.807) is 18.2 Å². The lowest BCUT2D eigenvalue weighted by molar-refractivity contribution is -0.131. The van der Waals surface area contributed by atoms with Crippen molar-refractivity contribution in [1.29, 1.82) is 0 Å². The van der Waals surface area contributed by atoms with Gasteiger partial charge in [0, 0.05) is 24.0 Å². The molecule has 2 aromatic rings. The molecule has 4 nitrogen and oxygen atoms in total. The highest BCUT2D eigenvalue weighted by atomic mass is 35.5. The molecule has 26 heavy (non-hydrogen) atoms. The number of carbonyl (C=O) groups is 2. The van der Waals surface area contributed by atoms with Crippen LogP contribution < -0.4 is 0 Å². The fourth-order valence-electron chi connectivity index (χ4n) is 3.63. The van der Waals surface area contributed by atoms with E-state index in [-0.39, 0.29) is 17.5 Å². The maximum Gasteiger partial charge on any atom is 0.335 e. The quantitative estimate of drug-likeness (QED) is 0.827. The number of halogens is 1. The number of likely N-dealkylation sites (tertiary alicyclic amines) is 1. The van der Waals surface area contributed by atoms with Gasteiger partial charge in [0.25, 0.3) is 0 Å². The number of aromatic carboxylic acids is 1. The molecule has 2 aromatic carbocycles. The first-order valence-corrected chi connectivity index (χ1v) is 9.28. The van der Waals surface area contributed by atoms with Crippen molar-refractivity contribution >= 4 is 23.5 Å². The molecule has 1 amide bonds. The Morgan fingerprint density at radius 1 is 1.08 bits per heavy atom. The van der Waals surface area contributed by atoms with Crippen molar-refractivity contribution in [3.8, 4) is 0 Å². The van der Waals surface area contributed by atoms with Crippen LogP contribution in [0.5, 0.6) is 0 Å². The van der Waals surface area contributed by atoms with Crippen LogP contribution in [0.1, 0.15) is 40.7 Å². The fourth-order valence-corrected chi connectivity index (χ4v) is 3.84. The Bertz CT molecular complexity index is 805. The van der Waals surface area contributed by atoms with Crippen LogP contribution in [-0.4, -0.2) is 34.5 Å². The van der Waals surface area contributed by atoms with Gasteiger partial charge in [0.05, 0.1) is 5.56 Å². The SMILES string of the molecule is O=C(O)c1ccccc1CCC(=O)N1CCCC1Cc1ccccc1Cl. The molecule has 1 atom stereocenters. The van der Waals surface area contributed by atoms with E-state index >= 15 is 0 Å². The Labute approximate surface area is 158 Å². The molecule has 136 valence electrons. The van der Waals surface area contributed by atoms with E-state index in [9.17, 15) is 14.7 Å². The lowest BCUT2D eigenvalue weighted by Crippen LogP contribution is -2.37. The van der Waals surface area contributed by atoms with Crippen molar-refractivity contribution in [1.82, 2.24) is 4.90 Å². The van der Waals surface area contributed by atoms with Crippen molar-refractivity contribution in [2.45, 2.75) is 38.1 Å². The molecule has 1 fully saturated rings. The van der Waals surface area contributed by atoms with E-state index in [1.165, 1.54) is 0 Å². The number of carboxylic acid groups (broad SMARTS) is 1. The predicted molar refractivity (Wildman–Crippen MR) is 102 cm³/mol. The zero-order chi connectivity index (χ0) is 18.5. The normalized spacial score (nSPS) is 16.7. The zero-order valence-corrected chi connectivity index (χ0v) is 15.3. The lowest BCUT2D eigenvalue weighted by Gasteiger charge is -2.25. The fraction of sp³-hybridized carbons (Fsp3) is 0.333. The van der Waals surface area contributed by atoms with Crippen LogP contribution in [0.25, 0.3) is 0 Å². The first-order chi connectivity index (χ1) is 12.6. The highest BCUT2D eigenvalue weighted by Crippen LogP contribution is 2.25. The summed E-state index contributed by atoms with van der Waals surface area (Å²) in [4.78, 5) is 26.0. The minimum atomic E-state index is -0.953. The third-order valence-corrected chi connectivity index (χ3v) is 5.34. The van der Waals surface area contributed by atoms with Gasteiger partial charge in [-0.1, -0.05) is 48.0 Å². The molecule has 0 aliphatic carbocycles. The molecule has 1 unspecified atom stereocenters. The van der Waals surface area contributed by atoms with Crippen LogP contribution >= 0.6 is 11.6 Å². The second-order valence-corrected chi connectivity index (χ2v) is 7.05. The number of hydrogen-bond donors (Lipinski definition) is 1. The van der Waals surface area contributed by atoms with Crippen LogP contribution in [0, 0.1) is 0 Å². The third kappa shape index (κ3) is 4.25. The average Bonchev–Trinajstić information content (AvgIpc) is 3.10. The van der Waals surface area contributed by atoms with Crippen LogP contribution in [-0.2, 0) is 17.6 Å². The number of aryl methyl sites for hydroxylation is 1. The van der Waals surface area contributed by atoms with Crippen molar-refractivity contribution in [2.24, 2.45) is 0 Å². The molecule has 1 aliphatic heterocycles. The van der Waals surface area contributed by atoms with Crippen LogP contribution in [0.15, 0.2) is 48.5 Å². The van der Waals surface area contributed by atoms with Gasteiger partial charge < -0.3 is 10.0 Å². The minimum Gasteiger partial charge on any atom is -0.478 e. The summed E-state index contributed by atoms with van der Waals surface area (Å²) in [6.07, 6.45) is 3.49. The van der Waals surface area contributed by atoms with Crippen molar-refractivity contribution in [3.05, 3.63) is 70.2 Å². The summed E-state index contributed by atoms with van der Waals surface area (Å²) < 4.78 is 0. The van der Waals surface area contributed by atoms with Gasteiger partial charge in [-0.2, -0.15) is 0 Å². The average molecular weight is 372 g/mol. The summed E-state index contributed by atoms with van der Waals surface area (Å²) in [5, 5.41) is 10.0. The highest BCUT2D eigenvalue weighted by molar-refractivity contribution is 6.31. The van der Waals surface area contributed by atoms with Gasteiger partial charge in [-0.25, -0.2) is 4.79 Å². The number of amides is 1. The molecule has 1 aliphatic rings. The molecular weight excluding hydrogens is 350 g/mol. The Morgan fingerprint density at radius 2 is 1.77 bits per heavy atom. The zero-order valence-electron chi connectivity index (χ0n) is 14.5. The summed E-state index contributed by atoms with van der Waals surface area (Å²) in [5.41, 5.74) is 2.04. The smallest absolute Gasteiger partial charge is 0.335 e. The van der Waals surface area contributed by atoms with E-state index in [0.717, 1.165) is 36.4 Å². The molecule has 0 radical (unpaired) electrons. The second kappa shape index (κ2) is 8.37. The van der Waals surface area contributed by atoms with E-state index < -0.39 is 5.97 Å². The molecule has 0 spiro atoms.